The van der Waals surface area contributed by atoms with Gasteiger partial charge in [-0.15, -0.1) is 11.3 Å². The van der Waals surface area contributed by atoms with E-state index in [1.807, 2.05) is 13.0 Å². The quantitative estimate of drug-likeness (QED) is 0.852. The fourth-order valence-electron chi connectivity index (χ4n) is 1.53. The highest BCUT2D eigenvalue weighted by molar-refractivity contribution is 9.11. The minimum Gasteiger partial charge on any atom is -0.479 e. The van der Waals surface area contributed by atoms with Crippen LogP contribution in [0.3, 0.4) is 0 Å². The van der Waals surface area contributed by atoms with Gasteiger partial charge in [0.05, 0.1) is 9.47 Å². The molecule has 0 unspecified atom stereocenters. The number of nitrogens with one attached hydrogen (secondary N) is 1. The largest absolute Gasteiger partial charge is 0.479 e. The number of nitriles is 1. The van der Waals surface area contributed by atoms with E-state index in [1.54, 1.807) is 24.3 Å². The number of hydrogen-bond acceptors (Lipinski definition) is 5. The van der Waals surface area contributed by atoms with Crippen molar-refractivity contribution < 1.29 is 13.2 Å². The minimum atomic E-state index is -3.63. The molecule has 1 N–H and O–H groups in total. The summed E-state index contributed by atoms with van der Waals surface area (Å²) in [4.78, 5) is 0. The number of nitrogens with zero attached hydrogens (tertiary/aromatic N) is 1. The molecule has 0 radical (unpaired) electrons. The fourth-order valence-corrected chi connectivity index (χ4v) is 4.81. The molecular formula is C13H11BrN2O3S2. The van der Waals surface area contributed by atoms with Crippen LogP contribution in [0.4, 0.5) is 5.69 Å². The summed E-state index contributed by atoms with van der Waals surface area (Å²) in [5.74, 6) is 0.431. The molecule has 0 aliphatic rings. The Morgan fingerprint density at radius 3 is 2.81 bits per heavy atom. The third kappa shape index (κ3) is 3.97. The van der Waals surface area contributed by atoms with Gasteiger partial charge < -0.3 is 4.74 Å². The second-order valence-corrected chi connectivity index (χ2v) is 8.38. The molecule has 8 heteroatoms. The highest BCUT2D eigenvalue weighted by atomic mass is 79.9. The summed E-state index contributed by atoms with van der Waals surface area (Å²) >= 11 is 4.46. The van der Waals surface area contributed by atoms with E-state index in [4.69, 9.17) is 10.00 Å². The molecular weight excluding hydrogens is 376 g/mol. The lowest BCUT2D eigenvalue weighted by molar-refractivity contribution is 0.368. The smallest absolute Gasteiger partial charge is 0.271 e. The number of thiophene rings is 1. The summed E-state index contributed by atoms with van der Waals surface area (Å²) in [5, 5.41) is 8.47. The zero-order valence-electron chi connectivity index (χ0n) is 11.0. The maximum Gasteiger partial charge on any atom is 0.271 e. The molecule has 0 aliphatic heterocycles. The van der Waals surface area contributed by atoms with E-state index in [9.17, 15) is 8.42 Å². The van der Waals surface area contributed by atoms with Crippen LogP contribution in [-0.4, -0.2) is 15.0 Å². The average molecular weight is 387 g/mol. The number of hydrogen-bond donors (Lipinski definition) is 1. The van der Waals surface area contributed by atoms with Crippen LogP contribution in [0.1, 0.15) is 5.56 Å². The summed E-state index contributed by atoms with van der Waals surface area (Å²) < 4.78 is 33.2. The molecule has 0 saturated heterocycles. The monoisotopic (exact) mass is 386 g/mol. The summed E-state index contributed by atoms with van der Waals surface area (Å²) in [6.07, 6.45) is 0. The van der Waals surface area contributed by atoms with E-state index >= 15 is 0 Å². The Morgan fingerprint density at radius 1 is 1.43 bits per heavy atom. The van der Waals surface area contributed by atoms with E-state index in [-0.39, 0.29) is 10.8 Å². The molecule has 2 rings (SSSR count). The molecule has 0 bridgehead atoms. The molecule has 0 spiro atoms. The Labute approximate surface area is 135 Å². The lowest BCUT2D eigenvalue weighted by Gasteiger charge is -2.08. The third-order valence-electron chi connectivity index (χ3n) is 2.49. The SMILES string of the molecule is Cc1cc(S(=O)(=O)Nc2cccc(OCC#N)c2)sc1Br. The fraction of sp³-hybridized carbons (Fsp3) is 0.154. The molecule has 1 aromatic carbocycles. The molecule has 5 nitrogen and oxygen atoms in total. The molecule has 21 heavy (non-hydrogen) atoms. The first-order chi connectivity index (χ1) is 9.92. The zero-order valence-corrected chi connectivity index (χ0v) is 14.2. The molecule has 0 amide bonds. The molecule has 0 fully saturated rings. The standard InChI is InChI=1S/C13H11BrN2O3S2/c1-9-7-12(20-13(9)14)21(17,18)16-10-3-2-4-11(8-10)19-6-5-15/h2-4,7-8,16H,6H2,1H3. The molecule has 0 atom stereocenters. The van der Waals surface area contributed by atoms with Gasteiger partial charge in [0, 0.05) is 6.07 Å². The van der Waals surface area contributed by atoms with Crippen molar-refractivity contribution in [2.45, 2.75) is 11.1 Å². The van der Waals surface area contributed by atoms with Gasteiger partial charge in [-0.05, 0) is 46.6 Å². The molecule has 0 aliphatic carbocycles. The Hall–Kier alpha value is -1.56. The van der Waals surface area contributed by atoms with Crippen LogP contribution in [0, 0.1) is 18.3 Å². The Morgan fingerprint density at radius 2 is 2.19 bits per heavy atom. The van der Waals surface area contributed by atoms with Gasteiger partial charge >= 0.3 is 0 Å². The normalized spacial score (nSPS) is 10.9. The van der Waals surface area contributed by atoms with Gasteiger partial charge in [-0.2, -0.15) is 5.26 Å². The highest BCUT2D eigenvalue weighted by Gasteiger charge is 2.18. The van der Waals surface area contributed by atoms with Crippen molar-refractivity contribution in [2.24, 2.45) is 0 Å². The molecule has 0 saturated carbocycles. The van der Waals surface area contributed by atoms with Crippen molar-refractivity contribution in [3.05, 3.63) is 39.7 Å². The summed E-state index contributed by atoms with van der Waals surface area (Å²) in [6.45, 7) is 1.74. The number of rotatable bonds is 5. The van der Waals surface area contributed by atoms with Gasteiger partial charge in [0.15, 0.2) is 6.61 Å². The van der Waals surface area contributed by atoms with E-state index < -0.39 is 10.0 Å². The lowest BCUT2D eigenvalue weighted by atomic mass is 10.3. The van der Waals surface area contributed by atoms with Gasteiger partial charge in [-0.25, -0.2) is 8.42 Å². The van der Waals surface area contributed by atoms with Crippen molar-refractivity contribution in [1.29, 1.82) is 5.26 Å². The molecule has 2 aromatic rings. The van der Waals surface area contributed by atoms with Gasteiger partial charge in [-0.1, -0.05) is 6.07 Å². The molecule has 1 aromatic heterocycles. The van der Waals surface area contributed by atoms with E-state index in [1.165, 1.54) is 6.07 Å². The van der Waals surface area contributed by atoms with Crippen LogP contribution < -0.4 is 9.46 Å². The Bertz CT molecular complexity index is 774. The lowest BCUT2D eigenvalue weighted by Crippen LogP contribution is -2.11. The summed E-state index contributed by atoms with van der Waals surface area (Å²) in [6, 6.07) is 9.91. The third-order valence-corrected chi connectivity index (χ3v) is 6.48. The van der Waals surface area contributed by atoms with E-state index in [2.05, 4.69) is 20.7 Å². The van der Waals surface area contributed by atoms with Crippen LogP contribution in [-0.2, 0) is 10.0 Å². The van der Waals surface area contributed by atoms with Crippen LogP contribution in [0.15, 0.2) is 38.3 Å². The second kappa shape index (κ2) is 6.47. The predicted molar refractivity (Wildman–Crippen MR) is 85.1 cm³/mol. The number of ether oxygens (including phenoxy) is 1. The van der Waals surface area contributed by atoms with Crippen molar-refractivity contribution in [3.8, 4) is 11.8 Å². The van der Waals surface area contributed by atoms with Crippen LogP contribution >= 0.6 is 27.3 Å². The molecule has 1 heterocycles. The van der Waals surface area contributed by atoms with Gasteiger partial charge in [-0.3, -0.25) is 4.72 Å². The number of aryl methyl sites for hydroxylation is 1. The first-order valence-electron chi connectivity index (χ1n) is 5.81. The first kappa shape index (κ1) is 15.8. The number of benzene rings is 1. The summed E-state index contributed by atoms with van der Waals surface area (Å²) in [5.41, 5.74) is 1.25. The average Bonchev–Trinajstić information content (AvgIpc) is 2.77. The predicted octanol–water partition coefficient (Wildman–Crippen LogP) is 3.52. The second-order valence-electron chi connectivity index (χ2n) is 4.10. The van der Waals surface area contributed by atoms with Crippen molar-refractivity contribution in [1.82, 2.24) is 0 Å². The molecule has 110 valence electrons. The maximum atomic E-state index is 12.3. The number of halogens is 1. The van der Waals surface area contributed by atoms with Crippen LogP contribution in [0.5, 0.6) is 5.75 Å². The number of sulfonamides is 1. The van der Waals surface area contributed by atoms with Crippen molar-refractivity contribution in [3.63, 3.8) is 0 Å². The zero-order chi connectivity index (χ0) is 15.5. The van der Waals surface area contributed by atoms with Gasteiger partial charge in [0.25, 0.3) is 10.0 Å². The van der Waals surface area contributed by atoms with Gasteiger partial charge in [0.1, 0.15) is 16.0 Å². The number of anilines is 1. The Balaban J connectivity index is 2.22. The van der Waals surface area contributed by atoms with Crippen LogP contribution in [0.25, 0.3) is 0 Å². The summed E-state index contributed by atoms with van der Waals surface area (Å²) in [7, 11) is -3.63. The van der Waals surface area contributed by atoms with E-state index in [0.29, 0.717) is 11.4 Å². The topological polar surface area (TPSA) is 79.2 Å². The van der Waals surface area contributed by atoms with Crippen molar-refractivity contribution >= 4 is 43.0 Å². The first-order valence-corrected chi connectivity index (χ1v) is 8.90. The minimum absolute atomic E-state index is 0.0900. The maximum absolute atomic E-state index is 12.3. The van der Waals surface area contributed by atoms with E-state index in [0.717, 1.165) is 20.7 Å². The Kier molecular flexibility index (Phi) is 4.88. The highest BCUT2D eigenvalue weighted by Crippen LogP contribution is 2.31. The van der Waals surface area contributed by atoms with Gasteiger partial charge in [0.2, 0.25) is 0 Å². The van der Waals surface area contributed by atoms with Crippen LogP contribution in [0.2, 0.25) is 0 Å². The van der Waals surface area contributed by atoms with Crippen molar-refractivity contribution in [2.75, 3.05) is 11.3 Å².